The Morgan fingerprint density at radius 2 is 2.11 bits per heavy atom. The predicted octanol–water partition coefficient (Wildman–Crippen LogP) is 2.37. The van der Waals surface area contributed by atoms with E-state index in [1.807, 2.05) is 12.1 Å². The van der Waals surface area contributed by atoms with Crippen molar-refractivity contribution in [3.05, 3.63) is 47.8 Å². The summed E-state index contributed by atoms with van der Waals surface area (Å²) >= 11 is 0. The van der Waals surface area contributed by atoms with E-state index in [1.54, 1.807) is 25.3 Å². The molecule has 1 aromatic carbocycles. The van der Waals surface area contributed by atoms with Crippen LogP contribution < -0.4 is 5.73 Å². The van der Waals surface area contributed by atoms with Crippen molar-refractivity contribution in [3.8, 4) is 0 Å². The summed E-state index contributed by atoms with van der Waals surface area (Å²) in [5.74, 6) is 0. The summed E-state index contributed by atoms with van der Waals surface area (Å²) in [5, 5.41) is 0.932. The van der Waals surface area contributed by atoms with Crippen molar-refractivity contribution < 1.29 is 8.42 Å². The van der Waals surface area contributed by atoms with E-state index in [2.05, 4.69) is 4.98 Å². The summed E-state index contributed by atoms with van der Waals surface area (Å²) < 4.78 is 22.9. The van der Waals surface area contributed by atoms with E-state index in [9.17, 15) is 8.42 Å². The molecule has 0 fully saturated rings. The SMILES string of the molecule is Cc1c(/C(=C\N)S(=O)(=O)Cl)ccc2cccnc12. The summed E-state index contributed by atoms with van der Waals surface area (Å²) in [6, 6.07) is 7.19. The number of rotatable bonds is 2. The molecular formula is C12H11ClN2O2S. The number of hydrogen-bond donors (Lipinski definition) is 1. The van der Waals surface area contributed by atoms with Crippen LogP contribution in [0.2, 0.25) is 0 Å². The number of aromatic nitrogens is 1. The summed E-state index contributed by atoms with van der Waals surface area (Å²) in [7, 11) is 1.48. The first kappa shape index (κ1) is 12.9. The third-order valence-electron chi connectivity index (χ3n) is 2.71. The smallest absolute Gasteiger partial charge is 0.263 e. The zero-order chi connectivity index (χ0) is 13.3. The van der Waals surface area contributed by atoms with Crippen molar-refractivity contribution in [2.24, 2.45) is 5.73 Å². The zero-order valence-corrected chi connectivity index (χ0v) is 11.2. The molecule has 2 aromatic rings. The van der Waals surface area contributed by atoms with Crippen molar-refractivity contribution >= 4 is 35.5 Å². The molecule has 1 heterocycles. The Bertz CT molecular complexity index is 739. The Labute approximate surface area is 110 Å². The molecule has 0 amide bonds. The number of nitrogens with zero attached hydrogens (tertiary/aromatic N) is 1. The predicted molar refractivity (Wildman–Crippen MR) is 73.4 cm³/mol. The fraction of sp³-hybridized carbons (Fsp3) is 0.0833. The van der Waals surface area contributed by atoms with Crippen LogP contribution in [0, 0.1) is 6.92 Å². The Kier molecular flexibility index (Phi) is 3.28. The van der Waals surface area contributed by atoms with Crippen LogP contribution in [0.15, 0.2) is 36.7 Å². The highest BCUT2D eigenvalue weighted by Crippen LogP contribution is 2.29. The van der Waals surface area contributed by atoms with Gasteiger partial charge in [-0.3, -0.25) is 4.98 Å². The molecule has 0 radical (unpaired) electrons. The van der Waals surface area contributed by atoms with Crippen LogP contribution in [-0.4, -0.2) is 13.4 Å². The number of halogens is 1. The number of aryl methyl sites for hydroxylation is 1. The fourth-order valence-electron chi connectivity index (χ4n) is 1.86. The Hall–Kier alpha value is -1.59. The van der Waals surface area contributed by atoms with Gasteiger partial charge in [-0.2, -0.15) is 0 Å². The molecule has 0 aliphatic heterocycles. The Morgan fingerprint density at radius 3 is 2.72 bits per heavy atom. The lowest BCUT2D eigenvalue weighted by Gasteiger charge is -2.09. The lowest BCUT2D eigenvalue weighted by atomic mass is 10.0. The number of fused-ring (bicyclic) bond motifs is 1. The molecule has 0 aliphatic rings. The monoisotopic (exact) mass is 282 g/mol. The molecule has 0 spiro atoms. The highest BCUT2D eigenvalue weighted by Gasteiger charge is 2.19. The van der Waals surface area contributed by atoms with Crippen LogP contribution in [0.4, 0.5) is 0 Å². The van der Waals surface area contributed by atoms with Gasteiger partial charge in [-0.15, -0.1) is 0 Å². The standard InChI is InChI=1S/C12H11ClN2O2S/c1-8-10(11(7-14)18(13,16)17)5-4-9-3-2-6-15-12(8)9/h2-7H,14H2,1H3/b11-7+. The van der Waals surface area contributed by atoms with Crippen molar-refractivity contribution in [1.82, 2.24) is 4.98 Å². The lowest BCUT2D eigenvalue weighted by molar-refractivity contribution is 0.618. The van der Waals surface area contributed by atoms with Crippen LogP contribution in [0.3, 0.4) is 0 Å². The Balaban J connectivity index is 2.78. The van der Waals surface area contributed by atoms with Gasteiger partial charge in [-0.25, -0.2) is 8.42 Å². The molecule has 4 nitrogen and oxygen atoms in total. The van der Waals surface area contributed by atoms with E-state index in [0.29, 0.717) is 5.56 Å². The molecule has 2 rings (SSSR count). The molecule has 6 heteroatoms. The van der Waals surface area contributed by atoms with Gasteiger partial charge in [0.2, 0.25) is 0 Å². The topological polar surface area (TPSA) is 73.1 Å². The van der Waals surface area contributed by atoms with Crippen LogP contribution in [0.25, 0.3) is 15.8 Å². The summed E-state index contributed by atoms with van der Waals surface area (Å²) in [6.07, 6.45) is 2.65. The van der Waals surface area contributed by atoms with E-state index in [-0.39, 0.29) is 4.91 Å². The number of benzene rings is 1. The maximum atomic E-state index is 11.4. The van der Waals surface area contributed by atoms with E-state index >= 15 is 0 Å². The molecule has 94 valence electrons. The largest absolute Gasteiger partial charge is 0.403 e. The van der Waals surface area contributed by atoms with Crippen molar-refractivity contribution in [3.63, 3.8) is 0 Å². The number of pyridine rings is 1. The maximum Gasteiger partial charge on any atom is 0.263 e. The first-order valence-corrected chi connectivity index (χ1v) is 7.47. The number of hydrogen-bond acceptors (Lipinski definition) is 4. The van der Waals surface area contributed by atoms with Gasteiger partial charge in [0.25, 0.3) is 9.05 Å². The second kappa shape index (κ2) is 4.59. The van der Waals surface area contributed by atoms with Gasteiger partial charge in [0.15, 0.2) is 0 Å². The van der Waals surface area contributed by atoms with Crippen LogP contribution in [0.1, 0.15) is 11.1 Å². The molecule has 0 bridgehead atoms. The Morgan fingerprint density at radius 1 is 1.39 bits per heavy atom. The van der Waals surface area contributed by atoms with Crippen LogP contribution >= 0.6 is 10.7 Å². The molecule has 0 unspecified atom stereocenters. The van der Waals surface area contributed by atoms with E-state index in [1.165, 1.54) is 0 Å². The normalized spacial score (nSPS) is 12.9. The third kappa shape index (κ3) is 2.19. The van der Waals surface area contributed by atoms with Crippen LogP contribution in [0.5, 0.6) is 0 Å². The molecule has 18 heavy (non-hydrogen) atoms. The fourth-order valence-corrected chi connectivity index (χ4v) is 2.91. The lowest BCUT2D eigenvalue weighted by Crippen LogP contribution is -2.01. The van der Waals surface area contributed by atoms with Gasteiger partial charge in [-0.1, -0.05) is 18.2 Å². The molecule has 0 saturated carbocycles. The molecular weight excluding hydrogens is 272 g/mol. The second-order valence-electron chi connectivity index (χ2n) is 3.78. The molecule has 1 aromatic heterocycles. The average Bonchev–Trinajstić information content (AvgIpc) is 2.32. The quantitative estimate of drug-likeness (QED) is 0.858. The van der Waals surface area contributed by atoms with E-state index < -0.39 is 9.05 Å². The molecule has 0 aliphatic carbocycles. The minimum atomic E-state index is -3.88. The molecule has 0 saturated heterocycles. The third-order valence-corrected chi connectivity index (χ3v) is 4.09. The van der Waals surface area contributed by atoms with E-state index in [4.69, 9.17) is 16.4 Å². The zero-order valence-electron chi connectivity index (χ0n) is 9.59. The first-order valence-electron chi connectivity index (χ1n) is 5.16. The minimum Gasteiger partial charge on any atom is -0.403 e. The summed E-state index contributed by atoms with van der Waals surface area (Å²) in [6.45, 7) is 1.79. The van der Waals surface area contributed by atoms with Crippen molar-refractivity contribution in [2.45, 2.75) is 6.92 Å². The number of nitrogens with two attached hydrogens (primary N) is 1. The van der Waals surface area contributed by atoms with Gasteiger partial charge >= 0.3 is 0 Å². The maximum absolute atomic E-state index is 11.4. The van der Waals surface area contributed by atoms with Gasteiger partial charge in [0.1, 0.15) is 4.91 Å². The van der Waals surface area contributed by atoms with Gasteiger partial charge in [0, 0.05) is 34.0 Å². The van der Waals surface area contributed by atoms with Gasteiger partial charge in [-0.05, 0) is 18.6 Å². The first-order chi connectivity index (χ1) is 8.45. The van der Waals surface area contributed by atoms with Gasteiger partial charge < -0.3 is 5.73 Å². The summed E-state index contributed by atoms with van der Waals surface area (Å²) in [4.78, 5) is 4.13. The van der Waals surface area contributed by atoms with E-state index in [0.717, 1.165) is 22.7 Å². The highest BCUT2D eigenvalue weighted by molar-refractivity contribution is 8.21. The van der Waals surface area contributed by atoms with Crippen molar-refractivity contribution in [2.75, 3.05) is 0 Å². The average molecular weight is 283 g/mol. The highest BCUT2D eigenvalue weighted by atomic mass is 35.7. The molecule has 2 N–H and O–H groups in total. The minimum absolute atomic E-state index is 0.103. The van der Waals surface area contributed by atoms with Crippen molar-refractivity contribution in [1.29, 1.82) is 0 Å². The summed E-state index contributed by atoms with van der Waals surface area (Å²) in [5.41, 5.74) is 7.29. The second-order valence-corrected chi connectivity index (χ2v) is 6.32. The van der Waals surface area contributed by atoms with Crippen LogP contribution in [-0.2, 0) is 9.05 Å². The van der Waals surface area contributed by atoms with Gasteiger partial charge in [0.05, 0.1) is 5.52 Å². The molecule has 0 atom stereocenters.